The van der Waals surface area contributed by atoms with Crippen molar-refractivity contribution >= 4 is 16.9 Å². The lowest BCUT2D eigenvalue weighted by atomic mass is 9.99. The highest BCUT2D eigenvalue weighted by Crippen LogP contribution is 2.34. The van der Waals surface area contributed by atoms with Crippen LogP contribution in [0.1, 0.15) is 32.6 Å². The molecule has 0 amide bonds. The summed E-state index contributed by atoms with van der Waals surface area (Å²) in [6.45, 7) is 0.573. The maximum atomic E-state index is 13.3. The van der Waals surface area contributed by atoms with Crippen molar-refractivity contribution in [1.29, 1.82) is 0 Å². The summed E-state index contributed by atoms with van der Waals surface area (Å²) in [5, 5.41) is 0.826. The van der Waals surface area contributed by atoms with Gasteiger partial charge in [-0.2, -0.15) is 0 Å². The van der Waals surface area contributed by atoms with Gasteiger partial charge in [0.05, 0.1) is 13.7 Å². The Morgan fingerprint density at radius 2 is 1.67 bits per heavy atom. The summed E-state index contributed by atoms with van der Waals surface area (Å²) in [6.07, 6.45) is 2.34. The Bertz CT molecular complexity index is 1260. The minimum absolute atomic E-state index is 0.270. The Kier molecular flexibility index (Phi) is 6.95. The van der Waals surface area contributed by atoms with Crippen LogP contribution in [0.4, 0.5) is 4.39 Å². The number of aromatic nitrogens is 1. The van der Waals surface area contributed by atoms with Crippen molar-refractivity contribution in [1.82, 2.24) is 4.98 Å². The fraction of sp³-hybridized carbons (Fsp3) is 0.185. The van der Waals surface area contributed by atoms with E-state index in [1.165, 1.54) is 19.2 Å². The minimum atomic E-state index is -0.505. The third kappa shape index (κ3) is 5.18. The molecule has 0 atom stereocenters. The molecule has 0 aliphatic carbocycles. The predicted molar refractivity (Wildman–Crippen MR) is 124 cm³/mol. The van der Waals surface area contributed by atoms with Crippen LogP contribution in [0.3, 0.4) is 0 Å². The van der Waals surface area contributed by atoms with Gasteiger partial charge in [-0.3, -0.25) is 4.98 Å². The quantitative estimate of drug-likeness (QED) is 0.336. The Hall–Kier alpha value is -3.77. The number of methoxy groups -OCH3 is 2. The zero-order chi connectivity index (χ0) is 23.2. The summed E-state index contributed by atoms with van der Waals surface area (Å²) in [5.41, 5.74) is 4.54. The molecule has 0 saturated carbocycles. The molecule has 33 heavy (non-hydrogen) atoms. The number of fused-ring (bicyclic) bond motifs is 1. The van der Waals surface area contributed by atoms with Crippen LogP contribution in [0.25, 0.3) is 10.9 Å². The van der Waals surface area contributed by atoms with Gasteiger partial charge in [0.25, 0.3) is 0 Å². The van der Waals surface area contributed by atoms with Crippen LogP contribution in [-0.2, 0) is 29.1 Å². The third-order valence-electron chi connectivity index (χ3n) is 5.32. The first kappa shape index (κ1) is 22.4. The average molecular weight is 445 g/mol. The van der Waals surface area contributed by atoms with Gasteiger partial charge in [-0.15, -0.1) is 0 Å². The maximum absolute atomic E-state index is 13.3. The summed E-state index contributed by atoms with van der Waals surface area (Å²) < 4.78 is 29.8. The molecule has 0 N–H and O–H groups in total. The molecule has 1 heterocycles. The first-order valence-electron chi connectivity index (χ1n) is 10.5. The van der Waals surface area contributed by atoms with E-state index in [0.717, 1.165) is 27.6 Å². The average Bonchev–Trinajstić information content (AvgIpc) is 2.85. The molecule has 0 aliphatic heterocycles. The molecule has 4 aromatic rings. The highest BCUT2D eigenvalue weighted by molar-refractivity contribution is 6.01. The molecule has 1 aromatic heterocycles. The van der Waals surface area contributed by atoms with Gasteiger partial charge in [-0.25, -0.2) is 9.18 Å². The maximum Gasteiger partial charge on any atom is 0.341 e. The van der Waals surface area contributed by atoms with E-state index in [1.807, 2.05) is 36.4 Å². The van der Waals surface area contributed by atoms with Crippen molar-refractivity contribution < 1.29 is 23.4 Å². The summed E-state index contributed by atoms with van der Waals surface area (Å²) in [4.78, 5) is 17.2. The van der Waals surface area contributed by atoms with Gasteiger partial charge >= 0.3 is 5.97 Å². The SMILES string of the molecule is COCc1cc(C(=O)OC)c(OCc2ccccc2)c2ncc(Cc3ccc(F)cc3)cc12. The molecular formula is C27H24FNO4. The molecule has 0 unspecified atom stereocenters. The zero-order valence-corrected chi connectivity index (χ0v) is 18.5. The molecule has 0 saturated heterocycles. The number of carbonyl (C=O) groups excluding carboxylic acids is 1. The lowest BCUT2D eigenvalue weighted by Crippen LogP contribution is -2.09. The smallest absolute Gasteiger partial charge is 0.341 e. The molecule has 0 bridgehead atoms. The van der Waals surface area contributed by atoms with Gasteiger partial charge in [-0.1, -0.05) is 42.5 Å². The number of benzene rings is 3. The second-order valence-corrected chi connectivity index (χ2v) is 7.65. The van der Waals surface area contributed by atoms with E-state index in [9.17, 15) is 9.18 Å². The lowest BCUT2D eigenvalue weighted by Gasteiger charge is -2.16. The van der Waals surface area contributed by atoms with Crippen LogP contribution in [0, 0.1) is 5.82 Å². The molecule has 5 nitrogen and oxygen atoms in total. The summed E-state index contributed by atoms with van der Waals surface area (Å²) in [5.74, 6) is -0.406. The number of rotatable bonds is 8. The van der Waals surface area contributed by atoms with Crippen molar-refractivity contribution in [2.24, 2.45) is 0 Å². The van der Waals surface area contributed by atoms with E-state index in [1.54, 1.807) is 31.5 Å². The largest absolute Gasteiger partial charge is 0.486 e. The van der Waals surface area contributed by atoms with Gasteiger partial charge in [0.15, 0.2) is 5.75 Å². The minimum Gasteiger partial charge on any atom is -0.486 e. The van der Waals surface area contributed by atoms with E-state index in [2.05, 4.69) is 4.98 Å². The standard InChI is InChI=1S/C27H24FNO4/c1-31-17-21-14-24(27(30)32-2)26(33-16-19-6-4-3-5-7-19)25-23(21)13-20(15-29-25)12-18-8-10-22(28)11-9-18/h3-11,13-15H,12,16-17H2,1-2H3. The van der Waals surface area contributed by atoms with Crippen LogP contribution < -0.4 is 4.74 Å². The first-order valence-corrected chi connectivity index (χ1v) is 10.5. The highest BCUT2D eigenvalue weighted by atomic mass is 19.1. The van der Waals surface area contributed by atoms with E-state index < -0.39 is 5.97 Å². The summed E-state index contributed by atoms with van der Waals surface area (Å²) in [6, 6.07) is 19.8. The van der Waals surface area contributed by atoms with Gasteiger partial charge in [0.2, 0.25) is 0 Å². The van der Waals surface area contributed by atoms with Gasteiger partial charge < -0.3 is 14.2 Å². The van der Waals surface area contributed by atoms with E-state index >= 15 is 0 Å². The molecule has 0 aliphatic rings. The number of pyridine rings is 1. The number of hydrogen-bond acceptors (Lipinski definition) is 5. The van der Waals surface area contributed by atoms with Crippen LogP contribution in [-0.4, -0.2) is 25.2 Å². The van der Waals surface area contributed by atoms with Crippen molar-refractivity contribution in [3.8, 4) is 5.75 Å². The van der Waals surface area contributed by atoms with Crippen LogP contribution in [0.15, 0.2) is 72.9 Å². The van der Waals surface area contributed by atoms with E-state index in [4.69, 9.17) is 14.2 Å². The molecule has 6 heteroatoms. The predicted octanol–water partition coefficient (Wildman–Crippen LogP) is 5.48. The molecule has 0 fully saturated rings. The number of ether oxygens (including phenoxy) is 3. The van der Waals surface area contributed by atoms with Crippen LogP contribution in [0.2, 0.25) is 0 Å². The lowest BCUT2D eigenvalue weighted by molar-refractivity contribution is 0.0595. The van der Waals surface area contributed by atoms with Crippen molar-refractivity contribution in [3.05, 3.63) is 107 Å². The number of nitrogens with zero attached hydrogens (tertiary/aromatic N) is 1. The number of halogens is 1. The third-order valence-corrected chi connectivity index (χ3v) is 5.32. The monoisotopic (exact) mass is 445 g/mol. The Morgan fingerprint density at radius 3 is 2.36 bits per heavy atom. The summed E-state index contributed by atoms with van der Waals surface area (Å²) in [7, 11) is 2.93. The molecular weight excluding hydrogens is 421 g/mol. The zero-order valence-electron chi connectivity index (χ0n) is 18.5. The van der Waals surface area contributed by atoms with Crippen LogP contribution >= 0.6 is 0 Å². The van der Waals surface area contributed by atoms with Crippen molar-refractivity contribution in [2.75, 3.05) is 14.2 Å². The highest BCUT2D eigenvalue weighted by Gasteiger charge is 2.21. The van der Waals surface area contributed by atoms with Crippen LogP contribution in [0.5, 0.6) is 5.75 Å². The second kappa shape index (κ2) is 10.2. The van der Waals surface area contributed by atoms with Crippen molar-refractivity contribution in [2.45, 2.75) is 19.6 Å². The Morgan fingerprint density at radius 1 is 0.909 bits per heavy atom. The Balaban J connectivity index is 1.79. The van der Waals surface area contributed by atoms with Gasteiger partial charge in [0.1, 0.15) is 23.5 Å². The van der Waals surface area contributed by atoms with Gasteiger partial charge in [0, 0.05) is 18.7 Å². The Labute approximate surface area is 191 Å². The fourth-order valence-corrected chi connectivity index (χ4v) is 3.73. The number of carbonyl (C=O) groups is 1. The van der Waals surface area contributed by atoms with Gasteiger partial charge in [-0.05, 0) is 52.9 Å². The molecule has 168 valence electrons. The van der Waals surface area contributed by atoms with Crippen molar-refractivity contribution in [3.63, 3.8) is 0 Å². The first-order chi connectivity index (χ1) is 16.1. The normalized spacial score (nSPS) is 10.9. The molecule has 0 radical (unpaired) electrons. The molecule has 3 aromatic carbocycles. The van der Waals surface area contributed by atoms with E-state index in [0.29, 0.717) is 29.9 Å². The fourth-order valence-electron chi connectivity index (χ4n) is 3.73. The number of esters is 1. The summed E-state index contributed by atoms with van der Waals surface area (Å²) >= 11 is 0. The second-order valence-electron chi connectivity index (χ2n) is 7.65. The molecule has 0 spiro atoms. The topological polar surface area (TPSA) is 57.7 Å². The molecule has 4 rings (SSSR count). The van der Waals surface area contributed by atoms with E-state index in [-0.39, 0.29) is 12.4 Å². The number of hydrogen-bond donors (Lipinski definition) is 0.